The largest absolute Gasteiger partial charge is 0.493 e. The molecule has 3 aromatic carbocycles. The molecule has 0 unspecified atom stereocenters. The summed E-state index contributed by atoms with van der Waals surface area (Å²) in [5, 5.41) is 0.117. The van der Waals surface area contributed by atoms with E-state index in [1.54, 1.807) is 23.1 Å². The summed E-state index contributed by atoms with van der Waals surface area (Å²) in [6.45, 7) is -0.0596. The van der Waals surface area contributed by atoms with Gasteiger partial charge in [0.15, 0.2) is 18.1 Å². The lowest BCUT2D eigenvalue weighted by Gasteiger charge is -2.24. The normalized spacial score (nSPS) is 10.2. The van der Waals surface area contributed by atoms with E-state index in [9.17, 15) is 9.59 Å². The topological polar surface area (TPSA) is 81.9 Å². The van der Waals surface area contributed by atoms with Gasteiger partial charge in [0.05, 0.1) is 18.7 Å². The van der Waals surface area contributed by atoms with Crippen LogP contribution in [0.3, 0.4) is 0 Å². The molecule has 0 saturated heterocycles. The first-order valence-corrected chi connectivity index (χ1v) is 10.0. The van der Waals surface area contributed by atoms with E-state index in [1.807, 2.05) is 36.4 Å². The Hall–Kier alpha value is -3.95. The van der Waals surface area contributed by atoms with Crippen molar-refractivity contribution in [2.75, 3.05) is 18.6 Å². The molecule has 0 saturated carbocycles. The second-order valence-corrected chi connectivity index (χ2v) is 7.22. The standard InChI is InChI=1S/C25H21ClN2O4/c1-3-17-10-7-11-20(12-17)28(15-18-8-5-4-6-9-18)25(30)19-13-21(26)24(22(14-19)31-2)32-16-23(27)29/h1,4-14H,15-16H2,2H3,(H2,27,29). The zero-order valence-corrected chi connectivity index (χ0v) is 18.1. The summed E-state index contributed by atoms with van der Waals surface area (Å²) >= 11 is 6.35. The predicted octanol–water partition coefficient (Wildman–Crippen LogP) is 4.04. The van der Waals surface area contributed by atoms with Crippen molar-refractivity contribution in [1.29, 1.82) is 0 Å². The first kappa shape index (κ1) is 22.7. The maximum Gasteiger partial charge on any atom is 0.258 e. The molecule has 3 rings (SSSR count). The molecule has 0 aliphatic carbocycles. The number of hydrogen-bond donors (Lipinski definition) is 1. The van der Waals surface area contributed by atoms with Gasteiger partial charge >= 0.3 is 0 Å². The third-order valence-electron chi connectivity index (χ3n) is 4.59. The monoisotopic (exact) mass is 448 g/mol. The van der Waals surface area contributed by atoms with Gasteiger partial charge in [0.2, 0.25) is 0 Å². The molecule has 162 valence electrons. The minimum atomic E-state index is -0.661. The van der Waals surface area contributed by atoms with Crippen molar-refractivity contribution in [2.45, 2.75) is 6.54 Å². The van der Waals surface area contributed by atoms with Crippen molar-refractivity contribution < 1.29 is 19.1 Å². The highest BCUT2D eigenvalue weighted by Gasteiger charge is 2.22. The lowest BCUT2D eigenvalue weighted by molar-refractivity contribution is -0.119. The van der Waals surface area contributed by atoms with Gasteiger partial charge in [-0.05, 0) is 35.9 Å². The number of halogens is 1. The van der Waals surface area contributed by atoms with Crippen LogP contribution in [0.4, 0.5) is 5.69 Å². The summed E-state index contributed by atoms with van der Waals surface area (Å²) in [4.78, 5) is 26.3. The van der Waals surface area contributed by atoms with Crippen LogP contribution in [-0.2, 0) is 11.3 Å². The van der Waals surface area contributed by atoms with Gasteiger partial charge in [0.25, 0.3) is 11.8 Å². The van der Waals surface area contributed by atoms with Crippen LogP contribution in [-0.4, -0.2) is 25.5 Å². The molecule has 2 N–H and O–H groups in total. The number of ether oxygens (including phenoxy) is 2. The number of rotatable bonds is 8. The maximum atomic E-state index is 13.6. The van der Waals surface area contributed by atoms with E-state index in [0.717, 1.165) is 5.56 Å². The Morgan fingerprint density at radius 1 is 1.09 bits per heavy atom. The molecule has 0 fully saturated rings. The Balaban J connectivity index is 2.03. The van der Waals surface area contributed by atoms with Crippen LogP contribution in [0.5, 0.6) is 11.5 Å². The number of benzene rings is 3. The number of primary amides is 1. The molecule has 0 bridgehead atoms. The molecule has 2 amide bonds. The fourth-order valence-electron chi connectivity index (χ4n) is 3.09. The Morgan fingerprint density at radius 3 is 2.50 bits per heavy atom. The number of amides is 2. The van der Waals surface area contributed by atoms with Crippen LogP contribution < -0.4 is 20.1 Å². The van der Waals surface area contributed by atoms with E-state index in [-0.39, 0.29) is 34.6 Å². The zero-order valence-electron chi connectivity index (χ0n) is 17.4. The molecule has 0 spiro atoms. The summed E-state index contributed by atoms with van der Waals surface area (Å²) in [6, 6.07) is 19.7. The number of carbonyl (C=O) groups is 2. The fraction of sp³-hybridized carbons (Fsp3) is 0.120. The number of nitrogens with two attached hydrogens (primary N) is 1. The molecule has 0 aliphatic heterocycles. The van der Waals surface area contributed by atoms with E-state index in [0.29, 0.717) is 17.8 Å². The second kappa shape index (κ2) is 10.4. The Kier molecular flexibility index (Phi) is 7.37. The number of terminal acetylenes is 1. The predicted molar refractivity (Wildman–Crippen MR) is 124 cm³/mol. The minimum absolute atomic E-state index is 0.117. The van der Waals surface area contributed by atoms with Gasteiger partial charge < -0.3 is 20.1 Å². The summed E-state index contributed by atoms with van der Waals surface area (Å²) in [6.07, 6.45) is 5.55. The molecule has 0 aliphatic rings. The average Bonchev–Trinajstić information content (AvgIpc) is 2.81. The van der Waals surface area contributed by atoms with Crippen LogP contribution in [0.15, 0.2) is 66.7 Å². The van der Waals surface area contributed by atoms with E-state index in [1.165, 1.54) is 19.2 Å². The number of anilines is 1. The Morgan fingerprint density at radius 2 is 1.84 bits per heavy atom. The molecule has 3 aromatic rings. The fourth-order valence-corrected chi connectivity index (χ4v) is 3.36. The third-order valence-corrected chi connectivity index (χ3v) is 4.87. The highest BCUT2D eigenvalue weighted by atomic mass is 35.5. The molecular weight excluding hydrogens is 428 g/mol. The van der Waals surface area contributed by atoms with Crippen molar-refractivity contribution in [3.05, 3.63) is 88.4 Å². The number of methoxy groups -OCH3 is 1. The van der Waals surface area contributed by atoms with Crippen LogP contribution >= 0.6 is 11.6 Å². The highest BCUT2D eigenvalue weighted by Crippen LogP contribution is 2.37. The van der Waals surface area contributed by atoms with Gasteiger partial charge in [-0.1, -0.05) is 53.9 Å². The molecule has 0 heterocycles. The van der Waals surface area contributed by atoms with Gasteiger partial charge in [-0.15, -0.1) is 6.42 Å². The third kappa shape index (κ3) is 5.39. The lowest BCUT2D eigenvalue weighted by atomic mass is 10.1. The van der Waals surface area contributed by atoms with E-state index in [4.69, 9.17) is 33.2 Å². The molecule has 6 nitrogen and oxygen atoms in total. The van der Waals surface area contributed by atoms with Crippen molar-refractivity contribution in [3.63, 3.8) is 0 Å². The van der Waals surface area contributed by atoms with Crippen molar-refractivity contribution >= 4 is 29.1 Å². The van der Waals surface area contributed by atoms with Crippen molar-refractivity contribution in [3.8, 4) is 23.8 Å². The van der Waals surface area contributed by atoms with Crippen LogP contribution in [0, 0.1) is 12.3 Å². The van der Waals surface area contributed by atoms with Crippen molar-refractivity contribution in [1.82, 2.24) is 0 Å². The molecule has 0 radical (unpaired) electrons. The Labute approximate surface area is 191 Å². The summed E-state index contributed by atoms with van der Waals surface area (Å²) < 4.78 is 10.7. The van der Waals surface area contributed by atoms with Gasteiger partial charge in [-0.2, -0.15) is 0 Å². The van der Waals surface area contributed by atoms with Gasteiger partial charge in [-0.25, -0.2) is 0 Å². The number of carbonyl (C=O) groups excluding carboxylic acids is 2. The van der Waals surface area contributed by atoms with Crippen LogP contribution in [0.1, 0.15) is 21.5 Å². The van der Waals surface area contributed by atoms with Gasteiger partial charge in [-0.3, -0.25) is 9.59 Å². The molecule has 7 heteroatoms. The summed E-state index contributed by atoms with van der Waals surface area (Å²) in [7, 11) is 1.41. The maximum absolute atomic E-state index is 13.6. The summed E-state index contributed by atoms with van der Waals surface area (Å²) in [5.74, 6) is 1.95. The minimum Gasteiger partial charge on any atom is -0.493 e. The smallest absolute Gasteiger partial charge is 0.258 e. The second-order valence-electron chi connectivity index (χ2n) is 6.82. The SMILES string of the molecule is C#Cc1cccc(N(Cc2ccccc2)C(=O)c2cc(Cl)c(OCC(N)=O)c(OC)c2)c1. The first-order valence-electron chi connectivity index (χ1n) is 9.64. The lowest BCUT2D eigenvalue weighted by Crippen LogP contribution is -2.30. The quantitative estimate of drug-likeness (QED) is 0.527. The van der Waals surface area contributed by atoms with E-state index < -0.39 is 5.91 Å². The molecule has 32 heavy (non-hydrogen) atoms. The summed E-state index contributed by atoms with van der Waals surface area (Å²) in [5.41, 5.74) is 7.64. The van der Waals surface area contributed by atoms with E-state index >= 15 is 0 Å². The average molecular weight is 449 g/mol. The molecular formula is C25H21ClN2O4. The van der Waals surface area contributed by atoms with E-state index in [2.05, 4.69) is 5.92 Å². The highest BCUT2D eigenvalue weighted by molar-refractivity contribution is 6.33. The van der Waals surface area contributed by atoms with Crippen LogP contribution in [0.2, 0.25) is 5.02 Å². The molecule has 0 aromatic heterocycles. The molecule has 0 atom stereocenters. The Bertz CT molecular complexity index is 1170. The van der Waals surface area contributed by atoms with Crippen molar-refractivity contribution in [2.24, 2.45) is 5.73 Å². The zero-order chi connectivity index (χ0) is 23.1. The first-order chi connectivity index (χ1) is 15.4. The van der Waals surface area contributed by atoms with Gasteiger partial charge in [0, 0.05) is 16.8 Å². The van der Waals surface area contributed by atoms with Gasteiger partial charge in [0.1, 0.15) is 0 Å². The van der Waals surface area contributed by atoms with Crippen LogP contribution in [0.25, 0.3) is 0 Å². The number of hydrogen-bond acceptors (Lipinski definition) is 4. The number of nitrogens with zero attached hydrogens (tertiary/aromatic N) is 1.